The number of aliphatic hydroxyl groups excluding tert-OH is 4. The molecule has 4 N–H and O–H groups in total. The molecular formula is C91H167N5O9. The molecule has 7 unspecified atom stereocenters. The summed E-state index contributed by atoms with van der Waals surface area (Å²) < 4.78 is 0. The first-order valence-electron chi connectivity index (χ1n) is 45.0. The molecule has 0 bridgehead atoms. The Hall–Kier alpha value is -3.85. The molecule has 0 spiro atoms. The van der Waals surface area contributed by atoms with Crippen molar-refractivity contribution in [3.63, 3.8) is 0 Å². The minimum Gasteiger partial charge on any atom is -0.394 e. The highest BCUT2D eigenvalue weighted by atomic mass is 16.3. The SMILES string of the molecule is C=CCCCCC(CCCC)C(=O)N1CCCCC1.CCCCC(CCCCC(O)CO)C(=O)N1CCCCC1.CCCCCCC(CCCC)C(=O)N1CCCCC1.CCCCCCCCCCC(CCCC)C(=O)N1CCCCC1.O=C(C(CCCCC(O)CO)c1ccccc1)N1CCCCC1. The van der Waals surface area contributed by atoms with E-state index < -0.39 is 12.2 Å². The van der Waals surface area contributed by atoms with Gasteiger partial charge in [-0.25, -0.2) is 0 Å². The lowest BCUT2D eigenvalue weighted by molar-refractivity contribution is -0.137. The van der Waals surface area contributed by atoms with Crippen LogP contribution in [0.2, 0.25) is 0 Å². The van der Waals surface area contributed by atoms with Gasteiger partial charge in [-0.05, 0) is 185 Å². The van der Waals surface area contributed by atoms with E-state index in [0.717, 1.165) is 199 Å². The fraction of sp³-hybridized carbons (Fsp3) is 0.857. The van der Waals surface area contributed by atoms with Crippen molar-refractivity contribution in [1.82, 2.24) is 24.5 Å². The number of carbonyl (C=O) groups is 5. The van der Waals surface area contributed by atoms with Crippen molar-refractivity contribution in [3.8, 4) is 0 Å². The second-order valence-corrected chi connectivity index (χ2v) is 32.2. The molecule has 5 aliphatic heterocycles. The lowest BCUT2D eigenvalue weighted by atomic mass is 9.91. The van der Waals surface area contributed by atoms with Gasteiger partial charge in [0, 0.05) is 89.1 Å². The van der Waals surface area contributed by atoms with Gasteiger partial charge in [-0.2, -0.15) is 0 Å². The molecule has 610 valence electrons. The third-order valence-corrected chi connectivity index (χ3v) is 22.9. The highest BCUT2D eigenvalue weighted by Crippen LogP contribution is 2.30. The Morgan fingerprint density at radius 3 is 0.848 bits per heavy atom. The van der Waals surface area contributed by atoms with Crippen LogP contribution in [0, 0.1) is 23.7 Å². The number of carbonyl (C=O) groups excluding carboxylic acids is 5. The maximum atomic E-state index is 12.9. The Labute approximate surface area is 646 Å². The van der Waals surface area contributed by atoms with Gasteiger partial charge in [0.25, 0.3) is 0 Å². The van der Waals surface area contributed by atoms with Crippen LogP contribution in [0.5, 0.6) is 0 Å². The highest BCUT2D eigenvalue weighted by Gasteiger charge is 2.30. The molecule has 0 radical (unpaired) electrons. The first-order valence-corrected chi connectivity index (χ1v) is 45.0. The number of likely N-dealkylation sites (tertiary alicyclic amines) is 5. The van der Waals surface area contributed by atoms with E-state index in [1.165, 1.54) is 199 Å². The van der Waals surface area contributed by atoms with Gasteiger partial charge in [-0.1, -0.05) is 238 Å². The molecule has 14 heteroatoms. The van der Waals surface area contributed by atoms with E-state index in [1.54, 1.807) is 0 Å². The molecular weight excluding hydrogens is 1310 g/mol. The Morgan fingerprint density at radius 2 is 0.552 bits per heavy atom. The minimum absolute atomic E-state index is 0.0828. The molecule has 0 aromatic heterocycles. The van der Waals surface area contributed by atoms with Crippen molar-refractivity contribution in [1.29, 1.82) is 0 Å². The van der Waals surface area contributed by atoms with Crippen LogP contribution in [0.3, 0.4) is 0 Å². The van der Waals surface area contributed by atoms with Crippen LogP contribution in [0.25, 0.3) is 0 Å². The van der Waals surface area contributed by atoms with Crippen molar-refractivity contribution in [2.75, 3.05) is 78.7 Å². The zero-order chi connectivity index (χ0) is 76.6. The summed E-state index contributed by atoms with van der Waals surface area (Å²) in [5.74, 6) is 2.96. The summed E-state index contributed by atoms with van der Waals surface area (Å²) in [5, 5.41) is 36.5. The molecule has 5 fully saturated rings. The number of piperidine rings is 5. The molecule has 5 saturated heterocycles. The first kappa shape index (κ1) is 97.2. The van der Waals surface area contributed by atoms with Crippen molar-refractivity contribution < 1.29 is 44.4 Å². The van der Waals surface area contributed by atoms with Crippen LogP contribution in [0.1, 0.15) is 393 Å². The Bertz CT molecular complexity index is 2210. The van der Waals surface area contributed by atoms with E-state index in [2.05, 4.69) is 67.7 Å². The number of hydrogen-bond acceptors (Lipinski definition) is 9. The van der Waals surface area contributed by atoms with Gasteiger partial charge in [0.1, 0.15) is 0 Å². The molecule has 0 aliphatic carbocycles. The van der Waals surface area contributed by atoms with Gasteiger partial charge in [0.15, 0.2) is 0 Å². The quantitative estimate of drug-likeness (QED) is 0.0364. The number of benzene rings is 1. The zero-order valence-electron chi connectivity index (χ0n) is 69.2. The lowest BCUT2D eigenvalue weighted by Crippen LogP contribution is -2.39. The van der Waals surface area contributed by atoms with Crippen LogP contribution in [-0.4, -0.2) is 165 Å². The van der Waals surface area contributed by atoms with Gasteiger partial charge in [-0.15, -0.1) is 6.58 Å². The molecule has 105 heavy (non-hydrogen) atoms. The van der Waals surface area contributed by atoms with Gasteiger partial charge in [0.05, 0.1) is 31.3 Å². The summed E-state index contributed by atoms with van der Waals surface area (Å²) in [5.41, 5.74) is 1.09. The summed E-state index contributed by atoms with van der Waals surface area (Å²) in [7, 11) is 0. The fourth-order valence-corrected chi connectivity index (χ4v) is 16.0. The number of allylic oxidation sites excluding steroid dienone is 1. The number of hydrogen-bond donors (Lipinski definition) is 4. The third kappa shape index (κ3) is 46.4. The fourth-order valence-electron chi connectivity index (χ4n) is 16.0. The molecule has 0 saturated carbocycles. The first-order chi connectivity index (χ1) is 51.3. The number of unbranched alkanes of at least 4 members (excludes halogenated alkanes) is 18. The molecule has 7 atom stereocenters. The molecule has 5 heterocycles. The standard InChI is InChI=1S/C21H41NO.C19H29NO3.C17H33NO3.C17H33NO.C17H31NO/c1-3-5-7-8-9-10-11-13-17-20(16-6-4-2)21(23)22-18-14-12-15-19-22;21-15-17(22)11-5-6-12-18(16-9-3-1-4-10-16)19(23)20-13-7-2-8-14-20;1-2-3-9-15(10-5-6-11-16(20)14-19)17(21)18-12-7-4-8-13-18;2*1-3-5-7-9-13-16(12-6-4-2)17(19)18-14-10-8-11-15-18/h20H,3-19H2,1-2H3;1,3-4,9-10,17-18,21-22H,2,5-8,11-15H2;15-16,19-20H,2-14H2,1H3;16H,3-15H2,1-2H3;3,16H,1,4-15H2,2H3. The average Bonchev–Trinajstić information content (AvgIpc) is 0.850. The Morgan fingerprint density at radius 1 is 0.314 bits per heavy atom. The Kier molecular flexibility index (Phi) is 62.1. The second-order valence-electron chi connectivity index (χ2n) is 32.2. The van der Waals surface area contributed by atoms with Crippen molar-refractivity contribution in [3.05, 3.63) is 48.6 Å². The average molecular weight is 1480 g/mol. The van der Waals surface area contributed by atoms with Crippen molar-refractivity contribution in [2.24, 2.45) is 23.7 Å². The van der Waals surface area contributed by atoms with Crippen molar-refractivity contribution >= 4 is 29.5 Å². The van der Waals surface area contributed by atoms with Gasteiger partial charge in [0.2, 0.25) is 29.5 Å². The van der Waals surface area contributed by atoms with Crippen LogP contribution in [-0.2, 0) is 24.0 Å². The van der Waals surface area contributed by atoms with Gasteiger partial charge >= 0.3 is 0 Å². The van der Waals surface area contributed by atoms with Crippen LogP contribution >= 0.6 is 0 Å². The van der Waals surface area contributed by atoms with E-state index in [9.17, 15) is 34.2 Å². The van der Waals surface area contributed by atoms with Crippen molar-refractivity contribution in [2.45, 2.75) is 400 Å². The molecule has 14 nitrogen and oxygen atoms in total. The smallest absolute Gasteiger partial charge is 0.230 e. The summed E-state index contributed by atoms with van der Waals surface area (Å²) in [4.78, 5) is 74.0. The topological polar surface area (TPSA) is 182 Å². The number of rotatable bonds is 49. The van der Waals surface area contributed by atoms with Gasteiger partial charge in [-0.3, -0.25) is 24.0 Å². The maximum Gasteiger partial charge on any atom is 0.230 e. The lowest BCUT2D eigenvalue weighted by Gasteiger charge is -2.30. The normalized spacial score (nSPS) is 17.5. The summed E-state index contributed by atoms with van der Waals surface area (Å²) in [6.45, 7) is 26.4. The number of amides is 5. The Balaban J connectivity index is 0.000000447. The third-order valence-electron chi connectivity index (χ3n) is 22.9. The van der Waals surface area contributed by atoms with Gasteiger partial charge < -0.3 is 44.9 Å². The van der Waals surface area contributed by atoms with E-state index in [4.69, 9.17) is 10.2 Å². The predicted octanol–water partition coefficient (Wildman–Crippen LogP) is 21.1. The molecule has 5 aliphatic rings. The summed E-state index contributed by atoms with van der Waals surface area (Å²) in [6.07, 6.45) is 61.9. The van der Waals surface area contributed by atoms with E-state index in [0.29, 0.717) is 48.3 Å². The predicted molar refractivity (Wildman–Crippen MR) is 441 cm³/mol. The number of nitrogens with zero attached hydrogens (tertiary/aromatic N) is 5. The number of aliphatic hydroxyl groups is 4. The summed E-state index contributed by atoms with van der Waals surface area (Å²) in [6, 6.07) is 10.0. The maximum absolute atomic E-state index is 12.9. The molecule has 1 aromatic carbocycles. The minimum atomic E-state index is -0.636. The monoisotopic (exact) mass is 1470 g/mol. The van der Waals surface area contributed by atoms with E-state index >= 15 is 0 Å². The largest absolute Gasteiger partial charge is 0.394 e. The van der Waals surface area contributed by atoms with E-state index in [-0.39, 0.29) is 36.9 Å². The molecule has 6 rings (SSSR count). The molecule has 1 aromatic rings. The van der Waals surface area contributed by atoms with Crippen LogP contribution < -0.4 is 0 Å². The van der Waals surface area contributed by atoms with E-state index in [1.807, 2.05) is 41.3 Å². The van der Waals surface area contributed by atoms with Crippen LogP contribution in [0.15, 0.2) is 43.0 Å². The second kappa shape index (κ2) is 67.1. The summed E-state index contributed by atoms with van der Waals surface area (Å²) >= 11 is 0. The zero-order valence-corrected chi connectivity index (χ0v) is 69.2. The highest BCUT2D eigenvalue weighted by molar-refractivity contribution is 5.84. The van der Waals surface area contributed by atoms with Crippen LogP contribution in [0.4, 0.5) is 0 Å². The molecule has 5 amide bonds.